The number of amides is 1. The van der Waals surface area contributed by atoms with E-state index in [1.54, 1.807) is 12.1 Å². The molecule has 6 nitrogen and oxygen atoms in total. The third-order valence-electron chi connectivity index (χ3n) is 5.04. The summed E-state index contributed by atoms with van der Waals surface area (Å²) in [5.74, 6) is 0.262. The Labute approximate surface area is 163 Å². The number of anilines is 1. The van der Waals surface area contributed by atoms with Crippen molar-refractivity contribution in [2.24, 2.45) is 5.92 Å². The summed E-state index contributed by atoms with van der Waals surface area (Å²) < 4.78 is 24.3. The van der Waals surface area contributed by atoms with Crippen LogP contribution in [0.4, 0.5) is 10.1 Å². The van der Waals surface area contributed by atoms with Crippen molar-refractivity contribution >= 4 is 11.6 Å². The monoisotopic (exact) mass is 385 g/mol. The number of carbonyl (C=O) groups excluding carboxylic acids is 1. The van der Waals surface area contributed by atoms with Crippen molar-refractivity contribution in [2.75, 3.05) is 31.7 Å². The average Bonchev–Trinajstić information content (AvgIpc) is 3.21. The van der Waals surface area contributed by atoms with Crippen molar-refractivity contribution < 1.29 is 18.7 Å². The van der Waals surface area contributed by atoms with E-state index in [9.17, 15) is 9.18 Å². The fourth-order valence-corrected chi connectivity index (χ4v) is 3.48. The number of carbonyl (C=O) groups is 1. The molecule has 3 heterocycles. The second kappa shape index (κ2) is 8.14. The van der Waals surface area contributed by atoms with Gasteiger partial charge in [0.1, 0.15) is 18.1 Å². The van der Waals surface area contributed by atoms with Crippen LogP contribution in [0.1, 0.15) is 35.0 Å². The lowest BCUT2D eigenvalue weighted by Crippen LogP contribution is -2.33. The fourth-order valence-electron chi connectivity index (χ4n) is 3.48. The number of pyridine rings is 1. The third kappa shape index (κ3) is 4.25. The van der Waals surface area contributed by atoms with Crippen molar-refractivity contribution in [3.05, 3.63) is 53.0 Å². The van der Waals surface area contributed by atoms with Gasteiger partial charge in [-0.05, 0) is 49.1 Å². The molecule has 0 radical (unpaired) electrons. The molecule has 2 aliphatic heterocycles. The molecule has 7 heteroatoms. The normalized spacial score (nSPS) is 20.8. The standard InChI is InChI=1S/C21H24FN3O3/c1-13-11-28-21-18(24-13)9-16(8-14-2-4-17(22)5-3-14)19(25-21)20(26)23-10-15-6-7-27-12-15/h2-5,9,13,15,24H,6-8,10-12H2,1H3,(H,23,26)/t13-,15-/m0/s1. The molecule has 1 aromatic carbocycles. The van der Waals surface area contributed by atoms with E-state index >= 15 is 0 Å². The minimum absolute atomic E-state index is 0.162. The van der Waals surface area contributed by atoms with Gasteiger partial charge in [-0.25, -0.2) is 9.37 Å². The summed E-state index contributed by atoms with van der Waals surface area (Å²) in [6, 6.07) is 8.36. The topological polar surface area (TPSA) is 72.5 Å². The first-order valence-corrected chi connectivity index (χ1v) is 9.62. The van der Waals surface area contributed by atoms with Crippen molar-refractivity contribution in [3.63, 3.8) is 0 Å². The Hall–Kier alpha value is -2.67. The van der Waals surface area contributed by atoms with Crippen molar-refractivity contribution in [3.8, 4) is 5.88 Å². The summed E-state index contributed by atoms with van der Waals surface area (Å²) in [6.07, 6.45) is 1.43. The lowest BCUT2D eigenvalue weighted by atomic mass is 10.0. The van der Waals surface area contributed by atoms with Gasteiger partial charge < -0.3 is 20.1 Å². The van der Waals surface area contributed by atoms with E-state index in [0.29, 0.717) is 43.7 Å². The molecule has 0 unspecified atom stereocenters. The van der Waals surface area contributed by atoms with E-state index in [-0.39, 0.29) is 17.8 Å². The van der Waals surface area contributed by atoms with Crippen molar-refractivity contribution in [2.45, 2.75) is 25.8 Å². The maximum atomic E-state index is 13.2. The second-order valence-electron chi connectivity index (χ2n) is 7.45. The molecule has 0 spiro atoms. The molecule has 4 rings (SSSR count). The molecule has 148 valence electrons. The zero-order valence-electron chi connectivity index (χ0n) is 15.8. The number of ether oxygens (including phenoxy) is 2. The largest absolute Gasteiger partial charge is 0.474 e. The lowest BCUT2D eigenvalue weighted by molar-refractivity contribution is 0.0937. The number of rotatable bonds is 5. The highest BCUT2D eigenvalue weighted by molar-refractivity contribution is 5.94. The Morgan fingerprint density at radius 1 is 1.32 bits per heavy atom. The number of halogens is 1. The quantitative estimate of drug-likeness (QED) is 0.828. The molecular weight excluding hydrogens is 361 g/mol. The number of hydrogen-bond acceptors (Lipinski definition) is 5. The van der Waals surface area contributed by atoms with Crippen molar-refractivity contribution in [1.29, 1.82) is 0 Å². The predicted molar refractivity (Wildman–Crippen MR) is 103 cm³/mol. The molecule has 2 aliphatic rings. The van der Waals surface area contributed by atoms with Gasteiger partial charge in [0.15, 0.2) is 0 Å². The smallest absolute Gasteiger partial charge is 0.270 e. The summed E-state index contributed by atoms with van der Waals surface area (Å²) in [6.45, 7) is 4.49. The van der Waals surface area contributed by atoms with E-state index < -0.39 is 0 Å². The zero-order valence-corrected chi connectivity index (χ0v) is 15.8. The van der Waals surface area contributed by atoms with E-state index in [1.165, 1.54) is 12.1 Å². The van der Waals surface area contributed by atoms with Crippen LogP contribution in [0.2, 0.25) is 0 Å². The van der Waals surface area contributed by atoms with Crippen LogP contribution >= 0.6 is 0 Å². The highest BCUT2D eigenvalue weighted by Gasteiger charge is 2.24. The third-order valence-corrected chi connectivity index (χ3v) is 5.04. The number of nitrogens with one attached hydrogen (secondary N) is 2. The number of hydrogen-bond donors (Lipinski definition) is 2. The zero-order chi connectivity index (χ0) is 19.5. The molecule has 1 saturated heterocycles. The Bertz CT molecular complexity index is 851. The van der Waals surface area contributed by atoms with Gasteiger partial charge in [-0.15, -0.1) is 0 Å². The van der Waals surface area contributed by atoms with E-state index in [0.717, 1.165) is 29.8 Å². The van der Waals surface area contributed by atoms with Crippen LogP contribution in [-0.2, 0) is 11.2 Å². The first-order chi connectivity index (χ1) is 13.6. The molecule has 28 heavy (non-hydrogen) atoms. The SMILES string of the molecule is C[C@H]1COc2nc(C(=O)NC[C@@H]3CCOC3)c(Cc3ccc(F)cc3)cc2N1. The van der Waals surface area contributed by atoms with E-state index in [1.807, 2.05) is 13.0 Å². The lowest BCUT2D eigenvalue weighted by Gasteiger charge is -2.25. The summed E-state index contributed by atoms with van der Waals surface area (Å²) in [5, 5.41) is 6.32. The van der Waals surface area contributed by atoms with Gasteiger partial charge in [-0.1, -0.05) is 12.1 Å². The van der Waals surface area contributed by atoms with Gasteiger partial charge in [-0.2, -0.15) is 0 Å². The molecule has 0 aliphatic carbocycles. The Morgan fingerprint density at radius 2 is 2.14 bits per heavy atom. The van der Waals surface area contributed by atoms with Crippen LogP contribution in [0.15, 0.2) is 30.3 Å². The summed E-state index contributed by atoms with van der Waals surface area (Å²) in [4.78, 5) is 17.4. The van der Waals surface area contributed by atoms with E-state index in [4.69, 9.17) is 9.47 Å². The molecular formula is C21H24FN3O3. The Morgan fingerprint density at radius 3 is 2.89 bits per heavy atom. The molecule has 2 aromatic rings. The first-order valence-electron chi connectivity index (χ1n) is 9.62. The Kier molecular flexibility index (Phi) is 5.43. The van der Waals surface area contributed by atoms with E-state index in [2.05, 4.69) is 15.6 Å². The van der Waals surface area contributed by atoms with Gasteiger partial charge in [0.05, 0.1) is 18.3 Å². The molecule has 2 N–H and O–H groups in total. The molecule has 1 fully saturated rings. The van der Waals surface area contributed by atoms with Crippen molar-refractivity contribution in [1.82, 2.24) is 10.3 Å². The highest BCUT2D eigenvalue weighted by atomic mass is 19.1. The Balaban J connectivity index is 1.60. The average molecular weight is 385 g/mol. The van der Waals surface area contributed by atoms with Crippen LogP contribution in [0.25, 0.3) is 0 Å². The summed E-state index contributed by atoms with van der Waals surface area (Å²) in [5.41, 5.74) is 2.80. The van der Waals surface area contributed by atoms with Crippen LogP contribution in [0.5, 0.6) is 5.88 Å². The molecule has 0 bridgehead atoms. The van der Waals surface area contributed by atoms with Gasteiger partial charge >= 0.3 is 0 Å². The summed E-state index contributed by atoms with van der Waals surface area (Å²) >= 11 is 0. The van der Waals surface area contributed by atoms with Gasteiger partial charge in [0.25, 0.3) is 5.91 Å². The minimum Gasteiger partial charge on any atom is -0.474 e. The van der Waals surface area contributed by atoms with Crippen LogP contribution in [0, 0.1) is 11.7 Å². The minimum atomic E-state index is -0.284. The van der Waals surface area contributed by atoms with Gasteiger partial charge in [0.2, 0.25) is 5.88 Å². The molecule has 1 amide bonds. The first kappa shape index (κ1) is 18.7. The fraction of sp³-hybridized carbons (Fsp3) is 0.429. The predicted octanol–water partition coefficient (Wildman–Crippen LogP) is 2.77. The van der Waals surface area contributed by atoms with Gasteiger partial charge in [0, 0.05) is 19.1 Å². The van der Waals surface area contributed by atoms with Crippen LogP contribution in [-0.4, -0.2) is 43.3 Å². The number of fused-ring (bicyclic) bond motifs is 1. The second-order valence-corrected chi connectivity index (χ2v) is 7.45. The number of nitrogens with zero attached hydrogens (tertiary/aromatic N) is 1. The maximum Gasteiger partial charge on any atom is 0.270 e. The number of benzene rings is 1. The molecule has 1 aromatic heterocycles. The number of aromatic nitrogens is 1. The summed E-state index contributed by atoms with van der Waals surface area (Å²) in [7, 11) is 0. The maximum absolute atomic E-state index is 13.2. The van der Waals surface area contributed by atoms with Gasteiger partial charge in [-0.3, -0.25) is 4.79 Å². The van der Waals surface area contributed by atoms with Crippen LogP contribution < -0.4 is 15.4 Å². The molecule has 0 saturated carbocycles. The van der Waals surface area contributed by atoms with Crippen LogP contribution in [0.3, 0.4) is 0 Å². The highest BCUT2D eigenvalue weighted by Crippen LogP contribution is 2.30. The molecule has 2 atom stereocenters.